The number of fused-ring (bicyclic) bond motifs is 2. The molecule has 3 aromatic heterocycles. The van der Waals surface area contributed by atoms with Gasteiger partial charge in [0.1, 0.15) is 11.2 Å². The van der Waals surface area contributed by atoms with Crippen LogP contribution in [0.25, 0.3) is 33.1 Å². The first-order chi connectivity index (χ1) is 16.0. The van der Waals surface area contributed by atoms with Crippen molar-refractivity contribution in [1.82, 2.24) is 10.3 Å². The van der Waals surface area contributed by atoms with Crippen molar-refractivity contribution in [3.05, 3.63) is 99.9 Å². The molecular formula is C27H22N2O4. The molecule has 0 bridgehead atoms. The Morgan fingerprint density at radius 2 is 1.76 bits per heavy atom. The van der Waals surface area contributed by atoms with E-state index in [0.29, 0.717) is 23.3 Å². The summed E-state index contributed by atoms with van der Waals surface area (Å²) in [4.78, 5) is 29.6. The van der Waals surface area contributed by atoms with Crippen LogP contribution in [0.5, 0.6) is 0 Å². The fourth-order valence-corrected chi connectivity index (χ4v) is 4.16. The van der Waals surface area contributed by atoms with Crippen molar-refractivity contribution < 1.29 is 13.6 Å². The largest absolute Gasteiger partial charge is 0.463 e. The summed E-state index contributed by atoms with van der Waals surface area (Å²) < 4.78 is 11.5. The summed E-state index contributed by atoms with van der Waals surface area (Å²) in [6, 6.07) is 17.5. The average molecular weight is 438 g/mol. The molecule has 3 heterocycles. The number of benzene rings is 2. The summed E-state index contributed by atoms with van der Waals surface area (Å²) in [6.45, 7) is 4.03. The quantitative estimate of drug-likeness (QED) is 0.387. The van der Waals surface area contributed by atoms with Gasteiger partial charge in [-0.05, 0) is 43.2 Å². The lowest BCUT2D eigenvalue weighted by Crippen LogP contribution is -2.27. The van der Waals surface area contributed by atoms with Crippen LogP contribution in [0.3, 0.4) is 0 Å². The molecule has 33 heavy (non-hydrogen) atoms. The molecule has 2 aromatic carbocycles. The van der Waals surface area contributed by atoms with Gasteiger partial charge >= 0.3 is 5.63 Å². The molecule has 164 valence electrons. The standard InChI is InChI=1S/C27H22N2O4/c1-16-20-12-22-23(18-8-4-3-5-9-18)15-32-25(22)17(2)26(20)33-27(31)21(16)13-24(30)29-14-19-10-6-7-11-28-19/h3-12,15H,13-14H2,1-2H3,(H,29,30). The van der Waals surface area contributed by atoms with Gasteiger partial charge in [0.25, 0.3) is 0 Å². The van der Waals surface area contributed by atoms with E-state index in [1.165, 1.54) is 0 Å². The topological polar surface area (TPSA) is 85.3 Å². The molecule has 0 aliphatic heterocycles. The first-order valence-corrected chi connectivity index (χ1v) is 10.7. The molecule has 5 aromatic rings. The van der Waals surface area contributed by atoms with Crippen molar-refractivity contribution in [1.29, 1.82) is 0 Å². The van der Waals surface area contributed by atoms with Crippen molar-refractivity contribution in [2.24, 2.45) is 0 Å². The Morgan fingerprint density at radius 3 is 2.52 bits per heavy atom. The smallest absolute Gasteiger partial charge is 0.340 e. The normalized spacial score (nSPS) is 11.2. The molecule has 0 aliphatic rings. The minimum Gasteiger partial charge on any atom is -0.463 e. The number of amides is 1. The van der Waals surface area contributed by atoms with E-state index in [4.69, 9.17) is 8.83 Å². The molecule has 6 heteroatoms. The predicted octanol–water partition coefficient (Wildman–Crippen LogP) is 5.08. The lowest BCUT2D eigenvalue weighted by Gasteiger charge is -2.10. The third-order valence-electron chi connectivity index (χ3n) is 5.96. The predicted molar refractivity (Wildman–Crippen MR) is 127 cm³/mol. The molecule has 6 nitrogen and oxygen atoms in total. The maximum absolute atomic E-state index is 12.8. The van der Waals surface area contributed by atoms with Gasteiger partial charge in [-0.25, -0.2) is 4.79 Å². The third kappa shape index (κ3) is 3.80. The van der Waals surface area contributed by atoms with Gasteiger partial charge in [0.15, 0.2) is 0 Å². The number of nitrogens with zero attached hydrogens (tertiary/aromatic N) is 1. The van der Waals surface area contributed by atoms with E-state index in [-0.39, 0.29) is 12.3 Å². The number of hydrogen-bond donors (Lipinski definition) is 1. The summed E-state index contributed by atoms with van der Waals surface area (Å²) >= 11 is 0. The van der Waals surface area contributed by atoms with E-state index >= 15 is 0 Å². The fourth-order valence-electron chi connectivity index (χ4n) is 4.16. The summed E-state index contributed by atoms with van der Waals surface area (Å²) in [5.41, 5.74) is 5.26. The Bertz CT molecular complexity index is 1530. The maximum atomic E-state index is 12.8. The van der Waals surface area contributed by atoms with E-state index in [1.54, 1.807) is 12.5 Å². The summed E-state index contributed by atoms with van der Waals surface area (Å²) in [7, 11) is 0. The lowest BCUT2D eigenvalue weighted by atomic mass is 9.97. The lowest BCUT2D eigenvalue weighted by molar-refractivity contribution is -0.120. The van der Waals surface area contributed by atoms with Gasteiger partial charge in [0.05, 0.1) is 30.5 Å². The number of aryl methyl sites for hydroxylation is 2. The Balaban J connectivity index is 1.54. The SMILES string of the molecule is Cc1c(CC(=O)NCc2ccccn2)c(=O)oc2c(C)c3occ(-c4ccccc4)c3cc12. The van der Waals surface area contributed by atoms with Crippen molar-refractivity contribution >= 4 is 27.8 Å². The summed E-state index contributed by atoms with van der Waals surface area (Å²) in [6.07, 6.45) is 3.34. The highest BCUT2D eigenvalue weighted by Crippen LogP contribution is 2.37. The molecule has 0 saturated carbocycles. The van der Waals surface area contributed by atoms with Crippen LogP contribution in [0.4, 0.5) is 0 Å². The highest BCUT2D eigenvalue weighted by molar-refractivity contribution is 6.05. The Morgan fingerprint density at radius 1 is 0.970 bits per heavy atom. The number of furan rings is 1. The fraction of sp³-hybridized carbons (Fsp3) is 0.148. The van der Waals surface area contributed by atoms with Crippen molar-refractivity contribution in [3.8, 4) is 11.1 Å². The second kappa shape index (κ2) is 8.39. The molecule has 0 atom stereocenters. The molecule has 1 N–H and O–H groups in total. The molecular weight excluding hydrogens is 416 g/mol. The van der Waals surface area contributed by atoms with Crippen molar-refractivity contribution in [2.45, 2.75) is 26.8 Å². The molecule has 0 saturated heterocycles. The molecule has 1 amide bonds. The van der Waals surface area contributed by atoms with Crippen LogP contribution in [-0.4, -0.2) is 10.9 Å². The monoisotopic (exact) mass is 438 g/mol. The minimum atomic E-state index is -0.509. The van der Waals surface area contributed by atoms with Gasteiger partial charge in [-0.2, -0.15) is 0 Å². The number of pyridine rings is 1. The van der Waals surface area contributed by atoms with Crippen LogP contribution in [0.15, 0.2) is 80.7 Å². The molecule has 0 aliphatic carbocycles. The van der Waals surface area contributed by atoms with Crippen molar-refractivity contribution in [2.75, 3.05) is 0 Å². The van der Waals surface area contributed by atoms with Gasteiger partial charge in [0.2, 0.25) is 5.91 Å². The molecule has 0 radical (unpaired) electrons. The molecule has 5 rings (SSSR count). The van der Waals surface area contributed by atoms with Crippen LogP contribution in [0.1, 0.15) is 22.4 Å². The van der Waals surface area contributed by atoms with Gasteiger partial charge < -0.3 is 14.2 Å². The number of carbonyl (C=O) groups excluding carboxylic acids is 1. The molecule has 0 unspecified atom stereocenters. The molecule has 0 spiro atoms. The highest BCUT2D eigenvalue weighted by Gasteiger charge is 2.20. The number of carbonyl (C=O) groups is 1. The van der Waals surface area contributed by atoms with Crippen LogP contribution in [-0.2, 0) is 17.8 Å². The number of aromatic nitrogens is 1. The Hall–Kier alpha value is -4.19. The van der Waals surface area contributed by atoms with Gasteiger partial charge in [-0.15, -0.1) is 0 Å². The van der Waals surface area contributed by atoms with Crippen LogP contribution >= 0.6 is 0 Å². The van der Waals surface area contributed by atoms with Crippen LogP contribution in [0, 0.1) is 13.8 Å². The van der Waals surface area contributed by atoms with Crippen LogP contribution in [0.2, 0.25) is 0 Å². The van der Waals surface area contributed by atoms with Crippen molar-refractivity contribution in [3.63, 3.8) is 0 Å². The molecule has 0 fully saturated rings. The Kier molecular flexibility index (Phi) is 5.26. The van der Waals surface area contributed by atoms with E-state index in [9.17, 15) is 9.59 Å². The second-order valence-corrected chi connectivity index (χ2v) is 8.04. The second-order valence-electron chi connectivity index (χ2n) is 8.04. The third-order valence-corrected chi connectivity index (χ3v) is 5.96. The zero-order chi connectivity index (χ0) is 22.9. The summed E-state index contributed by atoms with van der Waals surface area (Å²) in [5, 5.41) is 4.56. The van der Waals surface area contributed by atoms with Gasteiger partial charge in [-0.1, -0.05) is 36.4 Å². The summed E-state index contributed by atoms with van der Waals surface area (Å²) in [5.74, 6) is -0.263. The van der Waals surface area contributed by atoms with E-state index < -0.39 is 5.63 Å². The first-order valence-electron chi connectivity index (χ1n) is 10.7. The number of rotatable bonds is 5. The number of hydrogen-bond acceptors (Lipinski definition) is 5. The zero-order valence-corrected chi connectivity index (χ0v) is 18.3. The highest BCUT2D eigenvalue weighted by atomic mass is 16.4. The van der Waals surface area contributed by atoms with E-state index in [0.717, 1.165) is 38.7 Å². The zero-order valence-electron chi connectivity index (χ0n) is 18.3. The Labute approximate surface area is 189 Å². The van der Waals surface area contributed by atoms with E-state index in [1.807, 2.05) is 68.4 Å². The minimum absolute atomic E-state index is 0.0645. The first kappa shape index (κ1) is 20.7. The maximum Gasteiger partial charge on any atom is 0.340 e. The van der Waals surface area contributed by atoms with Crippen LogP contribution < -0.4 is 10.9 Å². The van der Waals surface area contributed by atoms with Gasteiger partial charge in [0, 0.05) is 28.1 Å². The van der Waals surface area contributed by atoms with Gasteiger partial charge in [-0.3, -0.25) is 9.78 Å². The average Bonchev–Trinajstić information content (AvgIpc) is 3.27. The van der Waals surface area contributed by atoms with E-state index in [2.05, 4.69) is 10.3 Å². The number of nitrogens with one attached hydrogen (secondary N) is 1.